The molecule has 0 fully saturated rings. The highest BCUT2D eigenvalue weighted by atomic mass is 35.5. The molecule has 8 heteroatoms. The molecular weight excluding hydrogens is 405 g/mol. The molecule has 1 aromatic heterocycles. The number of halogens is 1. The number of anilines is 1. The number of hydrogen-bond acceptors (Lipinski definition) is 4. The maximum absolute atomic E-state index is 14.0. The fraction of sp³-hybridized carbons (Fsp3) is 0.421. The number of carboxylic acid groups (broad SMARTS) is 1. The zero-order valence-electron chi connectivity index (χ0n) is 16.4. The van der Waals surface area contributed by atoms with Crippen molar-refractivity contribution >= 4 is 47.4 Å². The van der Waals surface area contributed by atoms with Crippen LogP contribution in [0.1, 0.15) is 47.8 Å². The summed E-state index contributed by atoms with van der Waals surface area (Å²) in [5, 5.41) is 10.7. The third-order valence-corrected chi connectivity index (χ3v) is 8.65. The number of hydrogen-bond donors (Lipinski definition) is 1. The van der Waals surface area contributed by atoms with Gasteiger partial charge in [-0.1, -0.05) is 32.4 Å². The third-order valence-electron chi connectivity index (χ3n) is 4.16. The van der Waals surface area contributed by atoms with Crippen LogP contribution in [-0.2, 0) is 14.5 Å². The standard InChI is InChI=1S/C19H25ClNO4PS/c1-7-25-26(24,15-9-8-13(20)10-12(15)2)21(6)14-11-16(19(3,4)5)27-17(14)18(22)23/h8-11H,7H2,1-6H3,(H,22,23). The summed E-state index contributed by atoms with van der Waals surface area (Å²) in [4.78, 5) is 12.9. The Morgan fingerprint density at radius 1 is 1.33 bits per heavy atom. The molecule has 148 valence electrons. The van der Waals surface area contributed by atoms with Gasteiger partial charge < -0.3 is 9.63 Å². The predicted molar refractivity (Wildman–Crippen MR) is 113 cm³/mol. The molecule has 27 heavy (non-hydrogen) atoms. The van der Waals surface area contributed by atoms with Crippen molar-refractivity contribution in [2.75, 3.05) is 18.3 Å². The molecule has 0 spiro atoms. The Morgan fingerprint density at radius 2 is 1.96 bits per heavy atom. The highest BCUT2D eigenvalue weighted by molar-refractivity contribution is 7.68. The summed E-state index contributed by atoms with van der Waals surface area (Å²) < 4.78 is 21.2. The molecule has 0 amide bonds. The Hall–Kier alpha value is -1.33. The summed E-state index contributed by atoms with van der Waals surface area (Å²) in [6.07, 6.45) is 0. The Morgan fingerprint density at radius 3 is 2.44 bits per heavy atom. The fourth-order valence-corrected chi connectivity index (χ4v) is 6.29. The second-order valence-electron chi connectivity index (χ2n) is 7.27. The van der Waals surface area contributed by atoms with Gasteiger partial charge in [-0.25, -0.2) is 4.79 Å². The average molecular weight is 430 g/mol. The van der Waals surface area contributed by atoms with Crippen molar-refractivity contribution in [3.8, 4) is 0 Å². The smallest absolute Gasteiger partial charge is 0.348 e. The SMILES string of the molecule is CCOP(=O)(c1ccc(Cl)cc1C)N(C)c1cc(C(C)(C)C)sc1C(=O)O. The number of carbonyl (C=O) groups is 1. The largest absolute Gasteiger partial charge is 0.477 e. The van der Waals surface area contributed by atoms with Gasteiger partial charge in [-0.05, 0) is 49.1 Å². The van der Waals surface area contributed by atoms with E-state index in [0.29, 0.717) is 16.0 Å². The molecule has 0 aliphatic heterocycles. The van der Waals surface area contributed by atoms with Crippen molar-refractivity contribution in [2.45, 2.75) is 40.0 Å². The van der Waals surface area contributed by atoms with Crippen LogP contribution in [0.3, 0.4) is 0 Å². The van der Waals surface area contributed by atoms with Crippen LogP contribution in [0.25, 0.3) is 0 Å². The molecule has 0 radical (unpaired) electrons. The zero-order chi connectivity index (χ0) is 20.6. The minimum Gasteiger partial charge on any atom is -0.477 e. The summed E-state index contributed by atoms with van der Waals surface area (Å²) in [5.74, 6) is -1.05. The number of aryl methyl sites for hydroxylation is 1. The first-order valence-electron chi connectivity index (χ1n) is 8.55. The van der Waals surface area contributed by atoms with Gasteiger partial charge in [-0.2, -0.15) is 0 Å². The second kappa shape index (κ2) is 7.96. The normalized spacial score (nSPS) is 14.0. The van der Waals surface area contributed by atoms with E-state index in [2.05, 4.69) is 0 Å². The molecule has 2 aromatic rings. The Bertz CT molecular complexity index is 904. The van der Waals surface area contributed by atoms with Crippen LogP contribution in [0, 0.1) is 6.92 Å². The molecule has 2 rings (SSSR count). The number of thiophene rings is 1. The lowest BCUT2D eigenvalue weighted by molar-refractivity contribution is 0.0703. The van der Waals surface area contributed by atoms with Gasteiger partial charge in [0.05, 0.1) is 17.6 Å². The van der Waals surface area contributed by atoms with Gasteiger partial charge in [0.2, 0.25) is 0 Å². The molecule has 0 aliphatic carbocycles. The van der Waals surface area contributed by atoms with Crippen molar-refractivity contribution in [1.82, 2.24) is 0 Å². The van der Waals surface area contributed by atoms with Crippen molar-refractivity contribution < 1.29 is 19.0 Å². The minimum absolute atomic E-state index is 0.147. The van der Waals surface area contributed by atoms with E-state index < -0.39 is 13.5 Å². The van der Waals surface area contributed by atoms with Crippen LogP contribution >= 0.6 is 30.5 Å². The first-order valence-corrected chi connectivity index (χ1v) is 11.3. The van der Waals surface area contributed by atoms with Crippen molar-refractivity contribution in [2.24, 2.45) is 0 Å². The summed E-state index contributed by atoms with van der Waals surface area (Å²) >= 11 is 7.24. The topological polar surface area (TPSA) is 66.8 Å². The van der Waals surface area contributed by atoms with Crippen molar-refractivity contribution in [3.05, 3.63) is 44.6 Å². The highest BCUT2D eigenvalue weighted by Crippen LogP contribution is 2.54. The van der Waals surface area contributed by atoms with E-state index in [-0.39, 0.29) is 16.9 Å². The monoisotopic (exact) mass is 429 g/mol. The molecular formula is C19H25ClNO4PS. The maximum Gasteiger partial charge on any atom is 0.348 e. The molecule has 1 N–H and O–H groups in total. The van der Waals surface area contributed by atoms with Gasteiger partial charge in [0, 0.05) is 16.9 Å². The molecule has 1 aromatic carbocycles. The lowest BCUT2D eigenvalue weighted by atomic mass is 9.94. The van der Waals surface area contributed by atoms with Crippen LogP contribution in [0.5, 0.6) is 0 Å². The molecule has 0 bridgehead atoms. The van der Waals surface area contributed by atoms with Crippen LogP contribution in [0.4, 0.5) is 5.69 Å². The summed E-state index contributed by atoms with van der Waals surface area (Å²) in [5.41, 5.74) is 0.901. The fourth-order valence-electron chi connectivity index (χ4n) is 2.72. The Kier molecular flexibility index (Phi) is 6.48. The van der Waals surface area contributed by atoms with Gasteiger partial charge in [-0.15, -0.1) is 11.3 Å². The Balaban J connectivity index is 2.67. The van der Waals surface area contributed by atoms with Crippen LogP contribution in [0.15, 0.2) is 24.3 Å². The van der Waals surface area contributed by atoms with E-state index in [0.717, 1.165) is 10.4 Å². The molecule has 1 unspecified atom stereocenters. The molecule has 1 heterocycles. The molecule has 0 aliphatic rings. The van der Waals surface area contributed by atoms with E-state index in [1.807, 2.05) is 27.7 Å². The third kappa shape index (κ3) is 4.40. The zero-order valence-corrected chi connectivity index (χ0v) is 18.8. The van der Waals surface area contributed by atoms with Crippen molar-refractivity contribution in [3.63, 3.8) is 0 Å². The molecule has 1 atom stereocenters. The van der Waals surface area contributed by atoms with E-state index in [4.69, 9.17) is 16.1 Å². The second-order valence-corrected chi connectivity index (χ2v) is 11.1. The maximum atomic E-state index is 14.0. The van der Waals surface area contributed by atoms with Gasteiger partial charge >= 0.3 is 13.5 Å². The first-order chi connectivity index (χ1) is 12.4. The van der Waals surface area contributed by atoms with Gasteiger partial charge in [0.1, 0.15) is 4.88 Å². The van der Waals surface area contributed by atoms with Crippen molar-refractivity contribution in [1.29, 1.82) is 0 Å². The predicted octanol–water partition coefficient (Wildman–Crippen LogP) is 5.70. The number of nitrogens with zero attached hydrogens (tertiary/aromatic N) is 1. The van der Waals surface area contributed by atoms with E-state index in [1.165, 1.54) is 16.0 Å². The summed E-state index contributed by atoms with van der Waals surface area (Å²) in [7, 11) is -1.91. The average Bonchev–Trinajstić information content (AvgIpc) is 2.99. The van der Waals surface area contributed by atoms with Gasteiger partial charge in [0.25, 0.3) is 0 Å². The number of carboxylic acids is 1. The lowest BCUT2D eigenvalue weighted by Gasteiger charge is -2.30. The molecule has 5 nitrogen and oxygen atoms in total. The number of benzene rings is 1. The van der Waals surface area contributed by atoms with Crippen LogP contribution in [-0.4, -0.2) is 24.7 Å². The number of rotatable bonds is 6. The van der Waals surface area contributed by atoms with Gasteiger partial charge in [-0.3, -0.25) is 9.24 Å². The van der Waals surface area contributed by atoms with Gasteiger partial charge in [0.15, 0.2) is 0 Å². The summed E-state index contributed by atoms with van der Waals surface area (Å²) in [6.45, 7) is 9.84. The first kappa shape index (κ1) is 22.0. The van der Waals surface area contributed by atoms with E-state index in [9.17, 15) is 14.5 Å². The molecule has 0 saturated heterocycles. The highest BCUT2D eigenvalue weighted by Gasteiger charge is 2.37. The van der Waals surface area contributed by atoms with E-state index >= 15 is 0 Å². The van der Waals surface area contributed by atoms with Crippen LogP contribution < -0.4 is 9.97 Å². The number of aromatic carboxylic acids is 1. The summed E-state index contributed by atoms with van der Waals surface area (Å²) in [6, 6.07) is 6.87. The molecule has 0 saturated carbocycles. The lowest BCUT2D eigenvalue weighted by Crippen LogP contribution is -2.26. The van der Waals surface area contributed by atoms with Crippen LogP contribution in [0.2, 0.25) is 5.02 Å². The quantitative estimate of drug-likeness (QED) is 0.597. The van der Waals surface area contributed by atoms with E-state index in [1.54, 1.807) is 38.2 Å². The minimum atomic E-state index is -3.53. The Labute approximate surface area is 169 Å².